The largest absolute Gasteiger partial charge is 0.414 e. The summed E-state index contributed by atoms with van der Waals surface area (Å²) in [5.41, 5.74) is 1.74. The molecule has 0 N–H and O–H groups in total. The van der Waals surface area contributed by atoms with Gasteiger partial charge in [0.25, 0.3) is 0 Å². The molecule has 2 rings (SSSR count). The van der Waals surface area contributed by atoms with E-state index in [0.717, 1.165) is 24.2 Å². The molecule has 0 saturated heterocycles. The minimum Gasteiger partial charge on any atom is -0.414 e. The van der Waals surface area contributed by atoms with Gasteiger partial charge in [-0.05, 0) is 79.8 Å². The molecule has 2 aliphatic carbocycles. The fraction of sp³-hybridized carbons (Fsp3) is 0.962. The van der Waals surface area contributed by atoms with E-state index in [1.165, 1.54) is 62.4 Å². The summed E-state index contributed by atoms with van der Waals surface area (Å²) in [5, 5.41) is 4.37. The van der Waals surface area contributed by atoms with E-state index < -0.39 is 8.32 Å². The fourth-order valence-electron chi connectivity index (χ4n) is 6.79. The first-order chi connectivity index (χ1) is 14.1. The van der Waals surface area contributed by atoms with Crippen molar-refractivity contribution in [2.24, 2.45) is 33.7 Å². The Bertz CT molecular complexity index is 558. The third-order valence-electron chi connectivity index (χ3n) is 9.06. The van der Waals surface area contributed by atoms with Crippen LogP contribution in [0.5, 0.6) is 0 Å². The van der Waals surface area contributed by atoms with Gasteiger partial charge in [-0.25, -0.2) is 0 Å². The van der Waals surface area contributed by atoms with Gasteiger partial charge in [0, 0.05) is 11.5 Å². The van der Waals surface area contributed by atoms with Crippen LogP contribution in [0.1, 0.15) is 100 Å². The van der Waals surface area contributed by atoms with Crippen LogP contribution in [0, 0.1) is 28.6 Å². The van der Waals surface area contributed by atoms with Gasteiger partial charge in [-0.2, -0.15) is 0 Å². The first kappa shape index (κ1) is 25.9. The van der Waals surface area contributed by atoms with Crippen LogP contribution < -0.4 is 0 Å². The Labute approximate surface area is 188 Å². The molecule has 0 heterocycles. The normalized spacial score (nSPS) is 31.5. The highest BCUT2D eigenvalue weighted by Crippen LogP contribution is 2.59. The molecular formula is C26H51NO2Si. The molecule has 0 radical (unpaired) electrons. The Hall–Kier alpha value is -0.353. The summed E-state index contributed by atoms with van der Waals surface area (Å²) >= 11 is 0. The second-order valence-corrected chi connectivity index (χ2v) is 16.3. The summed E-state index contributed by atoms with van der Waals surface area (Å²) in [6.45, 7) is 19.0. The Kier molecular flexibility index (Phi) is 9.07. The summed E-state index contributed by atoms with van der Waals surface area (Å²) in [6.07, 6.45) is 9.58. The van der Waals surface area contributed by atoms with Crippen LogP contribution in [0.15, 0.2) is 5.16 Å². The monoisotopic (exact) mass is 437 g/mol. The molecule has 0 aromatic carbocycles. The topological polar surface area (TPSA) is 30.8 Å². The molecule has 2 fully saturated rings. The molecule has 1 unspecified atom stereocenters. The molecule has 0 amide bonds. The lowest BCUT2D eigenvalue weighted by atomic mass is 9.61. The number of hydrogen-bond acceptors (Lipinski definition) is 3. The zero-order valence-electron chi connectivity index (χ0n) is 21.6. The van der Waals surface area contributed by atoms with E-state index in [1.54, 1.807) is 7.11 Å². The molecule has 0 spiro atoms. The quantitative estimate of drug-likeness (QED) is 0.196. The van der Waals surface area contributed by atoms with E-state index >= 15 is 0 Å². The molecule has 0 aromatic rings. The van der Waals surface area contributed by atoms with Crippen molar-refractivity contribution in [2.45, 2.75) is 125 Å². The zero-order valence-corrected chi connectivity index (χ0v) is 22.6. The van der Waals surface area contributed by atoms with Gasteiger partial charge in [-0.1, -0.05) is 67.0 Å². The van der Waals surface area contributed by atoms with Crippen LogP contribution in [0.4, 0.5) is 0 Å². The van der Waals surface area contributed by atoms with Crippen molar-refractivity contribution in [3.63, 3.8) is 0 Å². The highest BCUT2D eigenvalue weighted by atomic mass is 28.4. The van der Waals surface area contributed by atoms with E-state index in [9.17, 15) is 0 Å². The van der Waals surface area contributed by atoms with Crippen molar-refractivity contribution in [1.82, 2.24) is 0 Å². The first-order valence-corrected chi connectivity index (χ1v) is 15.4. The average Bonchev–Trinajstić information content (AvgIpc) is 3.06. The minimum atomic E-state index is -1.54. The van der Waals surface area contributed by atoms with Gasteiger partial charge in [0.15, 0.2) is 8.32 Å². The molecule has 5 atom stereocenters. The molecular weight excluding hydrogens is 386 g/mol. The summed E-state index contributed by atoms with van der Waals surface area (Å²) < 4.78 is 7.11. The highest BCUT2D eigenvalue weighted by Gasteiger charge is 2.53. The van der Waals surface area contributed by atoms with E-state index in [-0.39, 0.29) is 5.41 Å². The van der Waals surface area contributed by atoms with Gasteiger partial charge in [0.2, 0.25) is 0 Å². The van der Waals surface area contributed by atoms with Crippen LogP contribution in [0.25, 0.3) is 0 Å². The molecule has 3 nitrogen and oxygen atoms in total. The van der Waals surface area contributed by atoms with Crippen LogP contribution in [0.3, 0.4) is 0 Å². The molecule has 4 heteroatoms. The second kappa shape index (κ2) is 10.5. The van der Waals surface area contributed by atoms with Gasteiger partial charge >= 0.3 is 0 Å². The first-order valence-electron chi connectivity index (χ1n) is 12.8. The molecule has 0 aliphatic heterocycles. The number of hydrogen-bond donors (Lipinski definition) is 0. The molecule has 2 aliphatic rings. The van der Waals surface area contributed by atoms with Crippen molar-refractivity contribution < 1.29 is 9.26 Å². The van der Waals surface area contributed by atoms with E-state index in [4.69, 9.17) is 9.26 Å². The third kappa shape index (κ3) is 5.52. The number of oxime groups is 1. The van der Waals surface area contributed by atoms with E-state index in [0.29, 0.717) is 11.5 Å². The maximum Gasteiger partial charge on any atom is 0.192 e. The summed E-state index contributed by atoms with van der Waals surface area (Å²) in [5.74, 6) is 2.32. The Morgan fingerprint density at radius 2 is 1.73 bits per heavy atom. The van der Waals surface area contributed by atoms with Gasteiger partial charge in [-0.15, -0.1) is 0 Å². The van der Waals surface area contributed by atoms with E-state index in [1.807, 2.05) is 0 Å². The molecule has 30 heavy (non-hydrogen) atoms. The van der Waals surface area contributed by atoms with Crippen LogP contribution in [-0.4, -0.2) is 27.2 Å². The fourth-order valence-corrected chi connectivity index (χ4v) is 9.71. The van der Waals surface area contributed by atoms with Crippen LogP contribution in [0.2, 0.25) is 18.1 Å². The van der Waals surface area contributed by atoms with Crippen LogP contribution in [-0.2, 0) is 9.26 Å². The Balaban J connectivity index is 2.09. The number of fused-ring (bicyclic) bond motifs is 1. The maximum absolute atomic E-state index is 7.11. The zero-order chi connectivity index (χ0) is 22.6. The van der Waals surface area contributed by atoms with Crippen molar-refractivity contribution >= 4 is 14.0 Å². The molecule has 2 saturated carbocycles. The third-order valence-corrected chi connectivity index (χ3v) is 13.7. The van der Waals surface area contributed by atoms with Gasteiger partial charge in [0.1, 0.15) is 7.11 Å². The van der Waals surface area contributed by atoms with Crippen molar-refractivity contribution in [1.29, 1.82) is 0 Å². The van der Waals surface area contributed by atoms with E-state index in [2.05, 4.69) is 60.5 Å². The highest BCUT2D eigenvalue weighted by molar-refractivity contribution is 6.73. The predicted molar refractivity (Wildman–Crippen MR) is 133 cm³/mol. The molecule has 0 aromatic heterocycles. The summed E-state index contributed by atoms with van der Waals surface area (Å²) in [4.78, 5) is 5.16. The molecule has 176 valence electrons. The minimum absolute atomic E-state index is 0.0794. The van der Waals surface area contributed by atoms with Gasteiger partial charge in [-0.3, -0.25) is 0 Å². The van der Waals surface area contributed by atoms with Gasteiger partial charge in [0.05, 0.1) is 5.71 Å². The summed E-state index contributed by atoms with van der Waals surface area (Å²) in [6, 6.07) is 3.82. The van der Waals surface area contributed by atoms with Crippen molar-refractivity contribution in [3.8, 4) is 0 Å². The molecule has 0 bridgehead atoms. The average molecular weight is 438 g/mol. The smallest absolute Gasteiger partial charge is 0.192 e. The lowest BCUT2D eigenvalue weighted by Crippen LogP contribution is -2.48. The Morgan fingerprint density at radius 3 is 2.27 bits per heavy atom. The van der Waals surface area contributed by atoms with Gasteiger partial charge < -0.3 is 9.26 Å². The number of rotatable bonds is 10. The predicted octanol–water partition coefficient (Wildman–Crippen LogP) is 8.06. The second-order valence-electron chi connectivity index (χ2n) is 11.6. The Morgan fingerprint density at radius 1 is 1.10 bits per heavy atom. The standard InChI is InChI=1S/C26H51NO2Si/c1-10-30(11-2,12-3)29-23-14-13-19-26(8)21(16-17-22(23)26)20(4)15-18-24(27-28-9)25(5,6)7/h20-23H,10-19H2,1-9H3/b27-24+/t20-,21-,22?,23+,26-/m1/s1. The van der Waals surface area contributed by atoms with Crippen molar-refractivity contribution in [2.75, 3.05) is 7.11 Å². The SMILES string of the molecule is CC[Si](CC)(CC)O[C@H]1CCC[C@@]2(C)C1CC[C@@H]2[C@H](C)CC/C(=N\OC)C(C)(C)C. The number of nitrogens with zero attached hydrogens (tertiary/aromatic N) is 1. The van der Waals surface area contributed by atoms with Crippen LogP contribution >= 0.6 is 0 Å². The maximum atomic E-state index is 7.11. The lowest BCUT2D eigenvalue weighted by molar-refractivity contribution is -0.0200. The lowest BCUT2D eigenvalue weighted by Gasteiger charge is -2.49. The summed E-state index contributed by atoms with van der Waals surface area (Å²) in [7, 11) is 0.136. The van der Waals surface area contributed by atoms with Crippen molar-refractivity contribution in [3.05, 3.63) is 0 Å².